The number of rotatable bonds is 5. The molecule has 1 rings (SSSR count). The van der Waals surface area contributed by atoms with E-state index in [1.165, 1.54) is 0 Å². The van der Waals surface area contributed by atoms with Crippen molar-refractivity contribution in [3.05, 3.63) is 34.9 Å². The van der Waals surface area contributed by atoms with Crippen LogP contribution in [0.4, 0.5) is 13.2 Å². The van der Waals surface area contributed by atoms with E-state index in [2.05, 4.69) is 4.74 Å². The molecule has 1 aromatic carbocycles. The molecule has 0 radical (unpaired) electrons. The van der Waals surface area contributed by atoms with Crippen molar-refractivity contribution < 1.29 is 23.0 Å². The molecule has 0 bridgehead atoms. The van der Waals surface area contributed by atoms with Crippen LogP contribution in [-0.4, -0.2) is 30.6 Å². The number of aliphatic hydroxyl groups is 1. The highest BCUT2D eigenvalue weighted by Gasteiger charge is 2.27. The van der Waals surface area contributed by atoms with E-state index in [-0.39, 0.29) is 6.61 Å². The zero-order valence-electron chi connectivity index (χ0n) is 10.4. The summed E-state index contributed by atoms with van der Waals surface area (Å²) in [6, 6.07) is 5.79. The van der Waals surface area contributed by atoms with Gasteiger partial charge in [0.25, 0.3) is 0 Å². The van der Waals surface area contributed by atoms with Gasteiger partial charge in [-0.2, -0.15) is 13.2 Å². The Balaban J connectivity index is 2.44. The molecule has 102 valence electrons. The van der Waals surface area contributed by atoms with E-state index in [0.29, 0.717) is 6.42 Å². The Kier molecular flexibility index (Phi) is 5.16. The summed E-state index contributed by atoms with van der Waals surface area (Å²) in [6.45, 7) is 2.19. The maximum Gasteiger partial charge on any atom is 0.411 e. The molecule has 0 aliphatic heterocycles. The molecule has 0 spiro atoms. The van der Waals surface area contributed by atoms with Crippen LogP contribution >= 0.6 is 0 Å². The lowest BCUT2D eigenvalue weighted by molar-refractivity contribution is -0.179. The number of alkyl halides is 3. The Hall–Kier alpha value is -1.07. The number of benzene rings is 1. The van der Waals surface area contributed by atoms with Crippen LogP contribution < -0.4 is 0 Å². The second-order valence-electron chi connectivity index (χ2n) is 4.42. The highest BCUT2D eigenvalue weighted by molar-refractivity contribution is 5.30. The van der Waals surface area contributed by atoms with E-state index >= 15 is 0 Å². The first-order valence-corrected chi connectivity index (χ1v) is 5.66. The monoisotopic (exact) mass is 262 g/mol. The zero-order valence-corrected chi connectivity index (χ0v) is 10.4. The lowest BCUT2D eigenvalue weighted by atomic mass is 10.0. The highest BCUT2D eigenvalue weighted by Crippen LogP contribution is 2.16. The van der Waals surface area contributed by atoms with Gasteiger partial charge in [0.05, 0.1) is 12.7 Å². The van der Waals surface area contributed by atoms with Gasteiger partial charge in [-0.25, -0.2) is 0 Å². The number of aryl methyl sites for hydroxylation is 2. The van der Waals surface area contributed by atoms with Gasteiger partial charge in [-0.15, -0.1) is 0 Å². The van der Waals surface area contributed by atoms with E-state index in [1.807, 2.05) is 32.0 Å². The maximum atomic E-state index is 11.8. The predicted octanol–water partition coefficient (Wildman–Crippen LogP) is 2.79. The van der Waals surface area contributed by atoms with Gasteiger partial charge in [0.2, 0.25) is 0 Å². The molecule has 0 aromatic heterocycles. The van der Waals surface area contributed by atoms with Gasteiger partial charge >= 0.3 is 6.18 Å². The molecule has 0 saturated heterocycles. The van der Waals surface area contributed by atoms with Crippen molar-refractivity contribution in [2.45, 2.75) is 32.5 Å². The van der Waals surface area contributed by atoms with Crippen LogP contribution in [0.15, 0.2) is 18.2 Å². The normalized spacial score (nSPS) is 13.7. The van der Waals surface area contributed by atoms with Gasteiger partial charge in [-0.3, -0.25) is 0 Å². The summed E-state index contributed by atoms with van der Waals surface area (Å²) >= 11 is 0. The van der Waals surface area contributed by atoms with Gasteiger partial charge in [0, 0.05) is 6.42 Å². The molecule has 0 aliphatic rings. The highest BCUT2D eigenvalue weighted by atomic mass is 19.4. The summed E-state index contributed by atoms with van der Waals surface area (Å²) in [5.74, 6) is 0. The van der Waals surface area contributed by atoms with E-state index in [9.17, 15) is 18.3 Å². The second-order valence-corrected chi connectivity index (χ2v) is 4.42. The number of hydrogen-bond donors (Lipinski definition) is 1. The maximum absolute atomic E-state index is 11.8. The van der Waals surface area contributed by atoms with Crippen LogP contribution in [0.2, 0.25) is 0 Å². The minimum atomic E-state index is -4.35. The molecular formula is C13H17F3O2. The topological polar surface area (TPSA) is 29.5 Å². The fraction of sp³-hybridized carbons (Fsp3) is 0.538. The summed E-state index contributed by atoms with van der Waals surface area (Å²) < 4.78 is 40.0. The molecule has 1 aromatic rings. The molecule has 2 nitrogen and oxygen atoms in total. The minimum absolute atomic E-state index is 0.297. The SMILES string of the molecule is Cc1ccc(C)c(CC(O)COCC(F)(F)F)c1. The smallest absolute Gasteiger partial charge is 0.390 e. The standard InChI is InChI=1S/C13H17F3O2/c1-9-3-4-10(2)11(5-9)6-12(17)7-18-8-13(14,15)16/h3-5,12,17H,6-8H2,1-2H3. The quantitative estimate of drug-likeness (QED) is 0.884. The van der Waals surface area contributed by atoms with Crippen molar-refractivity contribution in [3.63, 3.8) is 0 Å². The fourth-order valence-corrected chi connectivity index (χ4v) is 1.64. The lowest BCUT2D eigenvalue weighted by Crippen LogP contribution is -2.24. The Bertz CT molecular complexity index is 388. The number of hydrogen-bond acceptors (Lipinski definition) is 2. The molecular weight excluding hydrogens is 245 g/mol. The van der Waals surface area contributed by atoms with E-state index in [0.717, 1.165) is 16.7 Å². The van der Waals surface area contributed by atoms with Crippen molar-refractivity contribution in [3.8, 4) is 0 Å². The molecule has 0 aliphatic carbocycles. The zero-order chi connectivity index (χ0) is 13.8. The van der Waals surface area contributed by atoms with E-state index in [1.54, 1.807) is 0 Å². The van der Waals surface area contributed by atoms with Gasteiger partial charge in [0.1, 0.15) is 6.61 Å². The molecule has 18 heavy (non-hydrogen) atoms. The molecule has 5 heteroatoms. The first-order chi connectivity index (χ1) is 8.28. The molecule has 1 unspecified atom stereocenters. The third-order valence-corrected chi connectivity index (χ3v) is 2.54. The third-order valence-electron chi connectivity index (χ3n) is 2.54. The third kappa shape index (κ3) is 5.51. The van der Waals surface area contributed by atoms with Crippen LogP contribution in [0.1, 0.15) is 16.7 Å². The first-order valence-electron chi connectivity index (χ1n) is 5.66. The largest absolute Gasteiger partial charge is 0.411 e. The van der Waals surface area contributed by atoms with Crippen LogP contribution in [0.25, 0.3) is 0 Å². The Morgan fingerprint density at radius 2 is 1.94 bits per heavy atom. The Morgan fingerprint density at radius 3 is 2.56 bits per heavy atom. The second kappa shape index (κ2) is 6.20. The van der Waals surface area contributed by atoms with Gasteiger partial charge in [-0.1, -0.05) is 23.8 Å². The molecule has 0 saturated carbocycles. The fourth-order valence-electron chi connectivity index (χ4n) is 1.64. The van der Waals surface area contributed by atoms with Crippen molar-refractivity contribution in [2.75, 3.05) is 13.2 Å². The number of ether oxygens (including phenoxy) is 1. The Labute approximate surface area is 104 Å². The summed E-state index contributed by atoms with van der Waals surface area (Å²) in [4.78, 5) is 0. The molecule has 0 amide bonds. The average molecular weight is 262 g/mol. The molecule has 0 fully saturated rings. The van der Waals surface area contributed by atoms with Gasteiger partial charge in [0.15, 0.2) is 0 Å². The number of halogens is 3. The van der Waals surface area contributed by atoms with Crippen molar-refractivity contribution in [2.24, 2.45) is 0 Å². The molecule has 0 heterocycles. The summed E-state index contributed by atoms with van der Waals surface area (Å²) in [5.41, 5.74) is 2.99. The van der Waals surface area contributed by atoms with E-state index < -0.39 is 18.9 Å². The van der Waals surface area contributed by atoms with Gasteiger partial charge < -0.3 is 9.84 Å². The van der Waals surface area contributed by atoms with E-state index in [4.69, 9.17) is 0 Å². The Morgan fingerprint density at radius 1 is 1.28 bits per heavy atom. The van der Waals surface area contributed by atoms with Crippen LogP contribution in [0.3, 0.4) is 0 Å². The first kappa shape index (κ1) is 15.0. The van der Waals surface area contributed by atoms with Crippen molar-refractivity contribution >= 4 is 0 Å². The molecule has 1 N–H and O–H groups in total. The summed E-state index contributed by atoms with van der Waals surface area (Å²) in [6.07, 6.45) is -4.97. The van der Waals surface area contributed by atoms with Gasteiger partial charge in [-0.05, 0) is 25.0 Å². The summed E-state index contributed by atoms with van der Waals surface area (Å²) in [5, 5.41) is 9.62. The van der Waals surface area contributed by atoms with Crippen LogP contribution in [-0.2, 0) is 11.2 Å². The minimum Gasteiger partial charge on any atom is -0.390 e. The lowest BCUT2D eigenvalue weighted by Gasteiger charge is -2.14. The number of aliphatic hydroxyl groups excluding tert-OH is 1. The van der Waals surface area contributed by atoms with Crippen LogP contribution in [0.5, 0.6) is 0 Å². The average Bonchev–Trinajstić information content (AvgIpc) is 2.21. The van der Waals surface area contributed by atoms with Crippen LogP contribution in [0, 0.1) is 13.8 Å². The molecule has 1 atom stereocenters. The van der Waals surface area contributed by atoms with Crippen molar-refractivity contribution in [1.29, 1.82) is 0 Å². The van der Waals surface area contributed by atoms with Crippen molar-refractivity contribution in [1.82, 2.24) is 0 Å². The predicted molar refractivity (Wildman–Crippen MR) is 62.5 cm³/mol. The summed E-state index contributed by atoms with van der Waals surface area (Å²) in [7, 11) is 0.